The molecule has 5 nitrogen and oxygen atoms in total. The largest absolute Gasteiger partial charge is 0.282 e. The van der Waals surface area contributed by atoms with E-state index in [1.165, 1.54) is 23.5 Å². The Hall–Kier alpha value is -3.58. The maximum atomic E-state index is 13.7. The third-order valence-electron chi connectivity index (χ3n) is 4.95. The number of carbonyl (C=O) groups is 1. The van der Waals surface area contributed by atoms with Crippen molar-refractivity contribution in [1.82, 2.24) is 14.8 Å². The van der Waals surface area contributed by atoms with Crippen LogP contribution in [0.15, 0.2) is 79.1 Å². The molecular weight excluding hydrogens is 399 g/mol. The van der Waals surface area contributed by atoms with Crippen molar-refractivity contribution < 1.29 is 9.18 Å². The van der Waals surface area contributed by atoms with Gasteiger partial charge in [0.25, 0.3) is 5.91 Å². The fraction of sp³-hybridized carbons (Fsp3) is 0.0870. The van der Waals surface area contributed by atoms with Crippen molar-refractivity contribution in [2.24, 2.45) is 0 Å². The summed E-state index contributed by atoms with van der Waals surface area (Å²) in [5.41, 5.74) is 1.28. The van der Waals surface area contributed by atoms with Gasteiger partial charge in [0.1, 0.15) is 5.82 Å². The summed E-state index contributed by atoms with van der Waals surface area (Å²) >= 11 is 1.31. The van der Waals surface area contributed by atoms with Gasteiger partial charge in [0.05, 0.1) is 16.8 Å². The van der Waals surface area contributed by atoms with Gasteiger partial charge in [-0.25, -0.2) is 9.37 Å². The summed E-state index contributed by atoms with van der Waals surface area (Å²) < 4.78 is 16.1. The van der Waals surface area contributed by atoms with Gasteiger partial charge in [0.15, 0.2) is 5.13 Å². The number of hydrogen-bond donors (Lipinski definition) is 0. The molecule has 0 atom stereocenters. The minimum atomic E-state index is -0.318. The minimum Gasteiger partial charge on any atom is -0.282 e. The SMILES string of the molecule is O=C(c1cccc2ccccc12)N(CCn1cccn1)c1nc2ccc(F)cc2s1. The zero-order valence-corrected chi connectivity index (χ0v) is 16.7. The lowest BCUT2D eigenvalue weighted by Crippen LogP contribution is -2.34. The van der Waals surface area contributed by atoms with Crippen molar-refractivity contribution in [2.45, 2.75) is 6.54 Å². The Morgan fingerprint density at radius 1 is 1.07 bits per heavy atom. The van der Waals surface area contributed by atoms with Gasteiger partial charge in [-0.15, -0.1) is 0 Å². The first-order valence-corrected chi connectivity index (χ1v) is 10.3. The lowest BCUT2D eigenvalue weighted by atomic mass is 10.0. The quantitative estimate of drug-likeness (QED) is 0.399. The number of thiazole rings is 1. The molecule has 2 aromatic heterocycles. The van der Waals surface area contributed by atoms with Crippen LogP contribution in [0.3, 0.4) is 0 Å². The van der Waals surface area contributed by atoms with Gasteiger partial charge in [-0.1, -0.05) is 47.7 Å². The average molecular weight is 416 g/mol. The molecule has 0 radical (unpaired) electrons. The first kappa shape index (κ1) is 18.4. The van der Waals surface area contributed by atoms with E-state index in [2.05, 4.69) is 10.1 Å². The number of aromatic nitrogens is 3. The molecule has 5 aromatic rings. The smallest absolute Gasteiger partial charge is 0.260 e. The number of benzene rings is 3. The molecule has 0 bridgehead atoms. The number of carbonyl (C=O) groups excluding carboxylic acids is 1. The molecule has 3 aromatic carbocycles. The van der Waals surface area contributed by atoms with E-state index >= 15 is 0 Å². The molecule has 0 saturated carbocycles. The van der Waals surface area contributed by atoms with E-state index in [1.54, 1.807) is 21.8 Å². The topological polar surface area (TPSA) is 51.0 Å². The van der Waals surface area contributed by atoms with Crippen LogP contribution in [0.5, 0.6) is 0 Å². The number of rotatable bonds is 5. The number of amides is 1. The van der Waals surface area contributed by atoms with Gasteiger partial charge >= 0.3 is 0 Å². The summed E-state index contributed by atoms with van der Waals surface area (Å²) in [6, 6.07) is 19.8. The Balaban J connectivity index is 1.58. The Kier molecular flexibility index (Phi) is 4.72. The normalized spacial score (nSPS) is 11.2. The second-order valence-corrected chi connectivity index (χ2v) is 7.87. The van der Waals surface area contributed by atoms with E-state index in [9.17, 15) is 9.18 Å². The molecule has 0 N–H and O–H groups in total. The Bertz CT molecular complexity index is 1340. The Morgan fingerprint density at radius 3 is 2.80 bits per heavy atom. The molecular formula is C23H17FN4OS. The zero-order valence-electron chi connectivity index (χ0n) is 15.9. The van der Waals surface area contributed by atoms with Gasteiger partial charge in [0.2, 0.25) is 0 Å². The van der Waals surface area contributed by atoms with Crippen LogP contribution in [0.1, 0.15) is 10.4 Å². The number of halogens is 1. The molecule has 5 rings (SSSR count). The number of hydrogen-bond acceptors (Lipinski definition) is 4. The molecule has 0 aliphatic carbocycles. The summed E-state index contributed by atoms with van der Waals surface area (Å²) in [7, 11) is 0. The molecule has 0 aliphatic heterocycles. The van der Waals surface area contributed by atoms with Crippen LogP contribution in [-0.4, -0.2) is 27.2 Å². The number of nitrogens with zero attached hydrogens (tertiary/aromatic N) is 4. The van der Waals surface area contributed by atoms with Crippen molar-refractivity contribution in [2.75, 3.05) is 11.4 Å². The van der Waals surface area contributed by atoms with Crippen molar-refractivity contribution in [3.8, 4) is 0 Å². The molecule has 0 fully saturated rings. The molecule has 2 heterocycles. The van der Waals surface area contributed by atoms with E-state index in [0.29, 0.717) is 34.0 Å². The van der Waals surface area contributed by atoms with E-state index in [1.807, 2.05) is 54.7 Å². The number of anilines is 1. The van der Waals surface area contributed by atoms with E-state index in [4.69, 9.17) is 0 Å². The van der Waals surface area contributed by atoms with Gasteiger partial charge in [-0.3, -0.25) is 14.4 Å². The summed E-state index contributed by atoms with van der Waals surface area (Å²) in [5.74, 6) is -0.459. The van der Waals surface area contributed by atoms with E-state index < -0.39 is 0 Å². The Labute approximate surface area is 176 Å². The van der Waals surface area contributed by atoms with Crippen LogP contribution in [0, 0.1) is 5.82 Å². The molecule has 0 saturated heterocycles. The van der Waals surface area contributed by atoms with Gasteiger partial charge in [-0.2, -0.15) is 5.10 Å². The summed E-state index contributed by atoms with van der Waals surface area (Å²) in [6.45, 7) is 0.916. The first-order chi connectivity index (χ1) is 14.7. The summed E-state index contributed by atoms with van der Waals surface area (Å²) in [4.78, 5) is 19.9. The highest BCUT2D eigenvalue weighted by molar-refractivity contribution is 7.22. The first-order valence-electron chi connectivity index (χ1n) is 9.52. The molecule has 0 spiro atoms. The molecule has 30 heavy (non-hydrogen) atoms. The van der Waals surface area contributed by atoms with Crippen molar-refractivity contribution >= 4 is 43.4 Å². The molecule has 7 heteroatoms. The molecule has 1 amide bonds. The van der Waals surface area contributed by atoms with Gasteiger partial charge in [0, 0.05) is 24.5 Å². The van der Waals surface area contributed by atoms with Crippen molar-refractivity contribution in [1.29, 1.82) is 0 Å². The molecule has 0 unspecified atom stereocenters. The highest BCUT2D eigenvalue weighted by Crippen LogP contribution is 2.31. The van der Waals surface area contributed by atoms with Crippen LogP contribution >= 0.6 is 11.3 Å². The predicted octanol–water partition coefficient (Wildman–Crippen LogP) is 5.13. The minimum absolute atomic E-state index is 0.140. The molecule has 0 aliphatic rings. The lowest BCUT2D eigenvalue weighted by molar-refractivity contribution is 0.0987. The van der Waals surface area contributed by atoms with Crippen LogP contribution in [0.2, 0.25) is 0 Å². The fourth-order valence-corrected chi connectivity index (χ4v) is 4.49. The second-order valence-electron chi connectivity index (χ2n) is 6.86. The molecule has 148 valence electrons. The van der Waals surface area contributed by atoms with E-state index in [-0.39, 0.29) is 11.7 Å². The van der Waals surface area contributed by atoms with Crippen molar-refractivity contribution in [3.63, 3.8) is 0 Å². The number of fused-ring (bicyclic) bond motifs is 2. The second kappa shape index (κ2) is 7.68. The average Bonchev–Trinajstić information content (AvgIpc) is 3.43. The van der Waals surface area contributed by atoms with E-state index in [0.717, 1.165) is 10.8 Å². The van der Waals surface area contributed by atoms with Crippen LogP contribution in [0.4, 0.5) is 9.52 Å². The van der Waals surface area contributed by atoms with Crippen LogP contribution in [0.25, 0.3) is 21.0 Å². The lowest BCUT2D eigenvalue weighted by Gasteiger charge is -2.21. The van der Waals surface area contributed by atoms with Crippen molar-refractivity contribution in [3.05, 3.63) is 90.5 Å². The third kappa shape index (κ3) is 3.44. The zero-order chi connectivity index (χ0) is 20.5. The van der Waals surface area contributed by atoms with Gasteiger partial charge in [-0.05, 0) is 41.1 Å². The maximum absolute atomic E-state index is 13.7. The highest BCUT2D eigenvalue weighted by Gasteiger charge is 2.23. The summed E-state index contributed by atoms with van der Waals surface area (Å²) in [5, 5.41) is 6.66. The summed E-state index contributed by atoms with van der Waals surface area (Å²) in [6.07, 6.45) is 3.56. The fourth-order valence-electron chi connectivity index (χ4n) is 3.48. The Morgan fingerprint density at radius 2 is 1.93 bits per heavy atom. The third-order valence-corrected chi connectivity index (χ3v) is 5.99. The van der Waals surface area contributed by atoms with Crippen LogP contribution < -0.4 is 4.90 Å². The monoisotopic (exact) mass is 416 g/mol. The predicted molar refractivity (Wildman–Crippen MR) is 117 cm³/mol. The maximum Gasteiger partial charge on any atom is 0.260 e. The standard InChI is InChI=1S/C23H17FN4OS/c24-17-9-10-20-21(15-17)30-23(26-20)28(14-13-27-12-4-11-25-27)22(29)19-8-3-6-16-5-1-2-7-18(16)19/h1-12,15H,13-14H2. The van der Waals surface area contributed by atoms with Crippen LogP contribution in [-0.2, 0) is 6.54 Å². The van der Waals surface area contributed by atoms with Gasteiger partial charge < -0.3 is 0 Å². The highest BCUT2D eigenvalue weighted by atomic mass is 32.1.